The van der Waals surface area contributed by atoms with Gasteiger partial charge in [-0.3, -0.25) is 0 Å². The number of hydrogen-bond donors (Lipinski definition) is 1. The van der Waals surface area contributed by atoms with Gasteiger partial charge in [-0.1, -0.05) is 25.4 Å². The van der Waals surface area contributed by atoms with Crippen LogP contribution in [0.25, 0.3) is 11.4 Å². The highest BCUT2D eigenvalue weighted by Gasteiger charge is 2.13. The van der Waals surface area contributed by atoms with E-state index in [4.69, 9.17) is 17.3 Å². The Morgan fingerprint density at radius 2 is 2.05 bits per heavy atom. The lowest BCUT2D eigenvalue weighted by Gasteiger charge is -2.11. The molecule has 106 valence electrons. The van der Waals surface area contributed by atoms with Crippen molar-refractivity contribution in [1.82, 2.24) is 9.97 Å². The molecule has 0 aliphatic heterocycles. The Kier molecular flexibility index (Phi) is 4.60. The van der Waals surface area contributed by atoms with Crippen LogP contribution in [0.4, 0.5) is 10.2 Å². The average molecular weight is 359 g/mol. The van der Waals surface area contributed by atoms with Crippen molar-refractivity contribution in [3.8, 4) is 11.4 Å². The lowest BCUT2D eigenvalue weighted by molar-refractivity contribution is 0.627. The number of benzene rings is 1. The fraction of sp³-hybridized carbons (Fsp3) is 0.286. The van der Waals surface area contributed by atoms with E-state index in [2.05, 4.69) is 39.7 Å². The average Bonchev–Trinajstić information content (AvgIpc) is 2.37. The van der Waals surface area contributed by atoms with Gasteiger partial charge in [0.2, 0.25) is 0 Å². The molecule has 1 aromatic carbocycles. The molecule has 6 heteroatoms. The van der Waals surface area contributed by atoms with Gasteiger partial charge in [0.25, 0.3) is 0 Å². The molecule has 20 heavy (non-hydrogen) atoms. The molecule has 0 saturated carbocycles. The zero-order valence-electron chi connectivity index (χ0n) is 11.1. The number of halogens is 3. The van der Waals surface area contributed by atoms with Gasteiger partial charge in [-0.25, -0.2) is 14.4 Å². The summed E-state index contributed by atoms with van der Waals surface area (Å²) in [5.41, 5.74) is 7.25. The van der Waals surface area contributed by atoms with Gasteiger partial charge in [-0.05, 0) is 46.5 Å². The summed E-state index contributed by atoms with van der Waals surface area (Å²) in [5, 5.41) is 0.0706. The molecule has 0 bridgehead atoms. The van der Waals surface area contributed by atoms with Gasteiger partial charge in [-0.15, -0.1) is 0 Å². The van der Waals surface area contributed by atoms with E-state index in [0.29, 0.717) is 27.6 Å². The minimum absolute atomic E-state index is 0.0706. The van der Waals surface area contributed by atoms with Crippen molar-refractivity contribution in [2.24, 2.45) is 5.92 Å². The number of anilines is 1. The van der Waals surface area contributed by atoms with Crippen LogP contribution < -0.4 is 5.73 Å². The molecule has 0 aliphatic carbocycles. The molecule has 1 heterocycles. The van der Waals surface area contributed by atoms with Crippen LogP contribution in [0.1, 0.15) is 19.5 Å². The van der Waals surface area contributed by atoms with Crippen molar-refractivity contribution in [1.29, 1.82) is 0 Å². The smallest absolute Gasteiger partial charge is 0.161 e. The summed E-state index contributed by atoms with van der Waals surface area (Å²) in [5.74, 6) is 0.674. The van der Waals surface area contributed by atoms with Crippen LogP contribution in [-0.4, -0.2) is 9.97 Å². The third-order valence-corrected chi connectivity index (χ3v) is 3.90. The first-order chi connectivity index (χ1) is 9.38. The monoisotopic (exact) mass is 357 g/mol. The fourth-order valence-corrected chi connectivity index (χ4v) is 2.26. The maximum Gasteiger partial charge on any atom is 0.161 e. The van der Waals surface area contributed by atoms with Crippen molar-refractivity contribution < 1.29 is 4.39 Å². The van der Waals surface area contributed by atoms with Gasteiger partial charge >= 0.3 is 0 Å². The SMILES string of the molecule is CC(C)Cc1nc(-c2ccc(Cl)c(F)c2)nc(N)c1Br. The summed E-state index contributed by atoms with van der Waals surface area (Å²) in [6.45, 7) is 4.18. The molecule has 1 aromatic heterocycles. The van der Waals surface area contributed by atoms with Crippen molar-refractivity contribution in [2.45, 2.75) is 20.3 Å². The van der Waals surface area contributed by atoms with Gasteiger partial charge in [0, 0.05) is 5.56 Å². The summed E-state index contributed by atoms with van der Waals surface area (Å²) < 4.78 is 14.2. The van der Waals surface area contributed by atoms with Crippen LogP contribution in [0.3, 0.4) is 0 Å². The molecule has 3 nitrogen and oxygen atoms in total. The zero-order chi connectivity index (χ0) is 14.9. The van der Waals surface area contributed by atoms with Gasteiger partial charge < -0.3 is 5.73 Å². The zero-order valence-corrected chi connectivity index (χ0v) is 13.5. The van der Waals surface area contributed by atoms with Crippen LogP contribution in [-0.2, 0) is 6.42 Å². The summed E-state index contributed by atoms with van der Waals surface area (Å²) in [6.07, 6.45) is 0.760. The van der Waals surface area contributed by atoms with Crippen molar-refractivity contribution in [2.75, 3.05) is 5.73 Å². The highest BCUT2D eigenvalue weighted by atomic mass is 79.9. The number of nitrogens with two attached hydrogens (primary N) is 1. The molecule has 0 saturated heterocycles. The van der Waals surface area contributed by atoms with E-state index in [1.165, 1.54) is 12.1 Å². The van der Waals surface area contributed by atoms with E-state index >= 15 is 0 Å². The summed E-state index contributed by atoms with van der Waals surface area (Å²) in [6, 6.07) is 4.47. The first-order valence-corrected chi connectivity index (χ1v) is 7.33. The van der Waals surface area contributed by atoms with Crippen LogP contribution >= 0.6 is 27.5 Å². The molecule has 0 fully saturated rings. The second kappa shape index (κ2) is 6.06. The molecular formula is C14H14BrClFN3. The predicted octanol–water partition coefficient (Wildman–Crippen LogP) is 4.48. The molecule has 0 radical (unpaired) electrons. The van der Waals surface area contributed by atoms with Crippen LogP contribution in [0.15, 0.2) is 22.7 Å². The quantitative estimate of drug-likeness (QED) is 0.880. The lowest BCUT2D eigenvalue weighted by atomic mass is 10.1. The van der Waals surface area contributed by atoms with Gasteiger partial charge in [0.05, 0.1) is 15.2 Å². The first kappa shape index (κ1) is 15.2. The van der Waals surface area contributed by atoms with Crippen molar-refractivity contribution in [3.63, 3.8) is 0 Å². The highest BCUT2D eigenvalue weighted by molar-refractivity contribution is 9.10. The molecule has 0 amide bonds. The van der Waals surface area contributed by atoms with Gasteiger partial charge in [-0.2, -0.15) is 0 Å². The molecule has 2 aromatic rings. The number of rotatable bonds is 3. The van der Waals surface area contributed by atoms with E-state index in [1.807, 2.05) is 0 Å². The molecular weight excluding hydrogens is 345 g/mol. The van der Waals surface area contributed by atoms with E-state index in [-0.39, 0.29) is 5.02 Å². The predicted molar refractivity (Wildman–Crippen MR) is 83.1 cm³/mol. The Hall–Kier alpha value is -1.20. The number of aromatic nitrogens is 2. The van der Waals surface area contributed by atoms with Crippen molar-refractivity contribution >= 4 is 33.3 Å². The topological polar surface area (TPSA) is 51.8 Å². The minimum Gasteiger partial charge on any atom is -0.383 e. The minimum atomic E-state index is -0.500. The third kappa shape index (κ3) is 3.27. The Labute approximate surface area is 130 Å². The summed E-state index contributed by atoms with van der Waals surface area (Å²) >= 11 is 9.07. The molecule has 2 N–H and O–H groups in total. The van der Waals surface area contributed by atoms with Crippen LogP contribution in [0.5, 0.6) is 0 Å². The van der Waals surface area contributed by atoms with E-state index < -0.39 is 5.82 Å². The summed E-state index contributed by atoms with van der Waals surface area (Å²) in [4.78, 5) is 8.66. The van der Waals surface area contributed by atoms with Crippen molar-refractivity contribution in [3.05, 3.63) is 39.2 Å². The van der Waals surface area contributed by atoms with Gasteiger partial charge in [0.1, 0.15) is 11.6 Å². The highest BCUT2D eigenvalue weighted by Crippen LogP contribution is 2.28. The lowest BCUT2D eigenvalue weighted by Crippen LogP contribution is -2.05. The van der Waals surface area contributed by atoms with E-state index in [1.54, 1.807) is 6.07 Å². The van der Waals surface area contributed by atoms with Gasteiger partial charge in [0.15, 0.2) is 5.82 Å². The molecule has 2 rings (SSSR count). The largest absolute Gasteiger partial charge is 0.383 e. The summed E-state index contributed by atoms with van der Waals surface area (Å²) in [7, 11) is 0. The Morgan fingerprint density at radius 3 is 2.65 bits per heavy atom. The maximum absolute atomic E-state index is 13.5. The Morgan fingerprint density at radius 1 is 1.35 bits per heavy atom. The Bertz CT molecular complexity index is 647. The van der Waals surface area contributed by atoms with E-state index in [0.717, 1.165) is 12.1 Å². The first-order valence-electron chi connectivity index (χ1n) is 6.15. The molecule has 0 spiro atoms. The molecule has 0 atom stereocenters. The molecule has 0 aliphatic rings. The normalized spacial score (nSPS) is 11.1. The molecule has 0 unspecified atom stereocenters. The number of nitrogens with zero attached hydrogens (tertiary/aromatic N) is 2. The van der Waals surface area contributed by atoms with Crippen LogP contribution in [0.2, 0.25) is 5.02 Å². The number of hydrogen-bond acceptors (Lipinski definition) is 3. The standard InChI is InChI=1S/C14H14BrClFN3/c1-7(2)5-11-12(15)13(18)20-14(19-11)8-3-4-9(16)10(17)6-8/h3-4,6-7H,5H2,1-2H3,(H2,18,19,20). The fourth-order valence-electron chi connectivity index (χ4n) is 1.80. The second-order valence-electron chi connectivity index (χ2n) is 4.92. The number of nitrogen functional groups attached to an aromatic ring is 1. The van der Waals surface area contributed by atoms with Crippen LogP contribution in [0, 0.1) is 11.7 Å². The third-order valence-electron chi connectivity index (χ3n) is 2.72. The van der Waals surface area contributed by atoms with E-state index in [9.17, 15) is 4.39 Å². The Balaban J connectivity index is 2.51. The second-order valence-corrected chi connectivity index (χ2v) is 6.12. The maximum atomic E-state index is 13.5.